The first-order chi connectivity index (χ1) is 12.6. The number of aromatic amines is 2. The summed E-state index contributed by atoms with van der Waals surface area (Å²) in [7, 11) is 1.59. The van der Waals surface area contributed by atoms with Gasteiger partial charge in [0.05, 0.1) is 27.0 Å². The molecular weight excluding hydrogens is 354 g/mol. The van der Waals surface area contributed by atoms with E-state index in [1.54, 1.807) is 19.2 Å². The standard InChI is InChI=1S/C17H13N5O3S/c1-18-16(23)11-4-2-3-10-14(8-19-15(10)11)26-17-20-12-6-5-9(22(24)25)7-13(12)21-17/h2-8,19H,1H3,(H,18,23)(H,20,21). The van der Waals surface area contributed by atoms with Gasteiger partial charge in [-0.1, -0.05) is 12.1 Å². The van der Waals surface area contributed by atoms with Crippen molar-refractivity contribution < 1.29 is 9.72 Å². The van der Waals surface area contributed by atoms with Crippen LogP contribution in [0.4, 0.5) is 5.69 Å². The second-order valence-electron chi connectivity index (χ2n) is 5.56. The van der Waals surface area contributed by atoms with Crippen LogP contribution in [0.15, 0.2) is 52.6 Å². The molecule has 4 aromatic rings. The molecule has 0 radical (unpaired) electrons. The number of fused-ring (bicyclic) bond motifs is 2. The fraction of sp³-hybridized carbons (Fsp3) is 0.0588. The van der Waals surface area contributed by atoms with Gasteiger partial charge in [0, 0.05) is 35.7 Å². The Balaban J connectivity index is 1.72. The van der Waals surface area contributed by atoms with Crippen molar-refractivity contribution in [3.8, 4) is 0 Å². The number of H-pyrrole nitrogens is 2. The molecule has 4 rings (SSSR count). The van der Waals surface area contributed by atoms with Gasteiger partial charge >= 0.3 is 0 Å². The molecular formula is C17H13N5O3S. The summed E-state index contributed by atoms with van der Waals surface area (Å²) >= 11 is 1.39. The summed E-state index contributed by atoms with van der Waals surface area (Å²) in [6.07, 6.45) is 1.82. The van der Waals surface area contributed by atoms with Crippen LogP contribution in [0.5, 0.6) is 0 Å². The first-order valence-electron chi connectivity index (χ1n) is 7.71. The van der Waals surface area contributed by atoms with E-state index >= 15 is 0 Å². The molecule has 130 valence electrons. The van der Waals surface area contributed by atoms with Crippen LogP contribution in [0.1, 0.15) is 10.4 Å². The van der Waals surface area contributed by atoms with Crippen LogP contribution < -0.4 is 5.32 Å². The summed E-state index contributed by atoms with van der Waals surface area (Å²) < 4.78 is 0. The monoisotopic (exact) mass is 367 g/mol. The molecule has 3 N–H and O–H groups in total. The van der Waals surface area contributed by atoms with Gasteiger partial charge in [0.15, 0.2) is 5.16 Å². The van der Waals surface area contributed by atoms with Gasteiger partial charge in [0.1, 0.15) is 0 Å². The summed E-state index contributed by atoms with van der Waals surface area (Å²) in [4.78, 5) is 34.0. The molecule has 0 saturated heterocycles. The van der Waals surface area contributed by atoms with Crippen LogP contribution in [-0.2, 0) is 0 Å². The fourth-order valence-corrected chi connectivity index (χ4v) is 3.69. The van der Waals surface area contributed by atoms with Crippen molar-refractivity contribution in [2.45, 2.75) is 10.1 Å². The molecule has 8 nitrogen and oxygen atoms in total. The molecule has 0 aliphatic carbocycles. The molecule has 0 spiro atoms. The van der Waals surface area contributed by atoms with Gasteiger partial charge in [0.2, 0.25) is 0 Å². The van der Waals surface area contributed by atoms with Gasteiger partial charge in [-0.05, 0) is 23.9 Å². The van der Waals surface area contributed by atoms with Crippen molar-refractivity contribution in [1.29, 1.82) is 0 Å². The Morgan fingerprint density at radius 3 is 2.92 bits per heavy atom. The normalized spacial score (nSPS) is 11.1. The Morgan fingerprint density at radius 1 is 1.31 bits per heavy atom. The highest BCUT2D eigenvalue weighted by molar-refractivity contribution is 7.99. The summed E-state index contributed by atoms with van der Waals surface area (Å²) in [5, 5.41) is 15.0. The topological polar surface area (TPSA) is 117 Å². The largest absolute Gasteiger partial charge is 0.359 e. The molecule has 0 fully saturated rings. The third-order valence-electron chi connectivity index (χ3n) is 4.01. The predicted molar refractivity (Wildman–Crippen MR) is 98.6 cm³/mol. The van der Waals surface area contributed by atoms with Gasteiger partial charge in [-0.15, -0.1) is 0 Å². The molecule has 0 saturated carbocycles. The number of carbonyl (C=O) groups excluding carboxylic acids is 1. The maximum absolute atomic E-state index is 12.0. The van der Waals surface area contributed by atoms with Crippen LogP contribution in [0.3, 0.4) is 0 Å². The van der Waals surface area contributed by atoms with E-state index in [4.69, 9.17) is 0 Å². The quantitative estimate of drug-likeness (QED) is 0.377. The van der Waals surface area contributed by atoms with E-state index in [1.807, 2.05) is 18.3 Å². The van der Waals surface area contributed by atoms with Crippen molar-refractivity contribution in [3.05, 3.63) is 58.3 Å². The first kappa shape index (κ1) is 16.2. The molecule has 0 aliphatic rings. The number of non-ortho nitro benzene ring substituents is 1. The van der Waals surface area contributed by atoms with E-state index in [9.17, 15) is 14.9 Å². The summed E-state index contributed by atoms with van der Waals surface area (Å²) in [5.41, 5.74) is 2.59. The van der Waals surface area contributed by atoms with E-state index in [1.165, 1.54) is 23.9 Å². The van der Waals surface area contributed by atoms with Gasteiger partial charge in [-0.2, -0.15) is 0 Å². The van der Waals surface area contributed by atoms with Gasteiger partial charge in [-0.25, -0.2) is 4.98 Å². The zero-order valence-electron chi connectivity index (χ0n) is 13.6. The molecule has 2 heterocycles. The molecule has 0 aliphatic heterocycles. The Bertz CT molecular complexity index is 1160. The minimum Gasteiger partial charge on any atom is -0.359 e. The lowest BCUT2D eigenvalue weighted by Crippen LogP contribution is -2.17. The molecule has 2 aromatic heterocycles. The Kier molecular flexibility index (Phi) is 3.85. The SMILES string of the molecule is CNC(=O)c1cccc2c(Sc3nc4ccc([N+](=O)[O-])cc4[nH]3)c[nH]c12. The fourth-order valence-electron chi connectivity index (χ4n) is 2.78. The highest BCUT2D eigenvalue weighted by Crippen LogP contribution is 2.34. The molecule has 2 aromatic carbocycles. The smallest absolute Gasteiger partial charge is 0.271 e. The highest BCUT2D eigenvalue weighted by Gasteiger charge is 2.15. The Labute approximate surface area is 151 Å². The van der Waals surface area contributed by atoms with Crippen molar-refractivity contribution in [2.75, 3.05) is 7.05 Å². The van der Waals surface area contributed by atoms with Crippen LogP contribution in [-0.4, -0.2) is 32.8 Å². The van der Waals surface area contributed by atoms with Crippen LogP contribution >= 0.6 is 11.8 Å². The maximum atomic E-state index is 12.0. The number of rotatable bonds is 4. The van der Waals surface area contributed by atoms with Crippen LogP contribution in [0, 0.1) is 10.1 Å². The average Bonchev–Trinajstić information content (AvgIpc) is 3.24. The van der Waals surface area contributed by atoms with E-state index in [0.717, 1.165) is 15.8 Å². The molecule has 0 atom stereocenters. The minimum absolute atomic E-state index is 0.0139. The number of imidazole rings is 1. The van der Waals surface area contributed by atoms with Gasteiger partial charge in [-0.3, -0.25) is 14.9 Å². The number of aromatic nitrogens is 3. The van der Waals surface area contributed by atoms with E-state index in [2.05, 4.69) is 20.3 Å². The number of benzene rings is 2. The number of carbonyl (C=O) groups is 1. The number of nitrogens with one attached hydrogen (secondary N) is 3. The summed E-state index contributed by atoms with van der Waals surface area (Å²) in [5.74, 6) is -0.162. The highest BCUT2D eigenvalue weighted by atomic mass is 32.2. The number of para-hydroxylation sites is 1. The third-order valence-corrected chi connectivity index (χ3v) is 4.95. The molecule has 0 unspecified atom stereocenters. The van der Waals surface area contributed by atoms with Crippen molar-refractivity contribution in [2.24, 2.45) is 0 Å². The number of nitro groups is 1. The number of hydrogen-bond acceptors (Lipinski definition) is 5. The average molecular weight is 367 g/mol. The zero-order chi connectivity index (χ0) is 18.3. The number of amides is 1. The number of nitrogens with zero attached hydrogens (tertiary/aromatic N) is 2. The zero-order valence-corrected chi connectivity index (χ0v) is 14.4. The second kappa shape index (κ2) is 6.19. The molecule has 1 amide bonds. The predicted octanol–water partition coefficient (Wildman–Crippen LogP) is 3.46. The third kappa shape index (κ3) is 2.68. The van der Waals surface area contributed by atoms with Crippen molar-refractivity contribution >= 4 is 45.3 Å². The molecule has 26 heavy (non-hydrogen) atoms. The lowest BCUT2D eigenvalue weighted by Gasteiger charge is -2.02. The minimum atomic E-state index is -0.437. The Hall–Kier alpha value is -3.33. The van der Waals surface area contributed by atoms with Crippen LogP contribution in [0.25, 0.3) is 21.9 Å². The number of nitro benzene ring substituents is 1. The summed E-state index contributed by atoms with van der Waals surface area (Å²) in [6, 6.07) is 10.0. The molecule has 9 heteroatoms. The maximum Gasteiger partial charge on any atom is 0.271 e. The van der Waals surface area contributed by atoms with Gasteiger partial charge in [0.25, 0.3) is 11.6 Å². The van der Waals surface area contributed by atoms with Gasteiger partial charge < -0.3 is 15.3 Å². The summed E-state index contributed by atoms with van der Waals surface area (Å²) in [6.45, 7) is 0. The first-order valence-corrected chi connectivity index (χ1v) is 8.52. The van der Waals surface area contributed by atoms with E-state index in [-0.39, 0.29) is 11.6 Å². The Morgan fingerprint density at radius 2 is 2.15 bits per heavy atom. The molecule has 0 bridgehead atoms. The second-order valence-corrected chi connectivity index (χ2v) is 6.59. The lowest BCUT2D eigenvalue weighted by molar-refractivity contribution is -0.384. The van der Waals surface area contributed by atoms with E-state index < -0.39 is 4.92 Å². The number of hydrogen-bond donors (Lipinski definition) is 3. The van der Waals surface area contributed by atoms with Crippen LogP contribution in [0.2, 0.25) is 0 Å². The lowest BCUT2D eigenvalue weighted by atomic mass is 10.1. The van der Waals surface area contributed by atoms with Crippen molar-refractivity contribution in [1.82, 2.24) is 20.3 Å². The van der Waals surface area contributed by atoms with Crippen molar-refractivity contribution in [3.63, 3.8) is 0 Å². The van der Waals surface area contributed by atoms with E-state index in [0.29, 0.717) is 21.8 Å².